The summed E-state index contributed by atoms with van der Waals surface area (Å²) in [5.41, 5.74) is 2.45. The van der Waals surface area contributed by atoms with E-state index in [2.05, 4.69) is 0 Å². The van der Waals surface area contributed by atoms with Crippen molar-refractivity contribution in [3.63, 3.8) is 0 Å². The van der Waals surface area contributed by atoms with Gasteiger partial charge in [-0.2, -0.15) is 0 Å². The van der Waals surface area contributed by atoms with Crippen LogP contribution in [-0.2, 0) is 16.1 Å². The molecule has 7 nitrogen and oxygen atoms in total. The van der Waals surface area contributed by atoms with Crippen molar-refractivity contribution in [2.75, 3.05) is 25.6 Å². The molecule has 1 atom stereocenters. The maximum atomic E-state index is 13.3. The zero-order chi connectivity index (χ0) is 23.0. The number of fused-ring (bicyclic) bond motifs is 3. The van der Waals surface area contributed by atoms with Crippen LogP contribution in [0.3, 0.4) is 0 Å². The molecule has 0 bridgehead atoms. The minimum absolute atomic E-state index is 0.00689. The summed E-state index contributed by atoms with van der Waals surface area (Å²) in [6.45, 7) is 4.58. The average molecular weight is 436 g/mol. The topological polar surface area (TPSA) is 70.2 Å². The summed E-state index contributed by atoms with van der Waals surface area (Å²) in [4.78, 5) is 44.0. The maximum Gasteiger partial charge on any atom is 0.257 e. The molecular formula is C25H29N3O4. The fourth-order valence-corrected chi connectivity index (χ4v) is 4.81. The molecule has 0 aliphatic carbocycles. The van der Waals surface area contributed by atoms with Crippen molar-refractivity contribution in [1.82, 2.24) is 9.80 Å². The highest BCUT2D eigenvalue weighted by atomic mass is 16.5. The molecule has 0 N–H and O–H groups in total. The molecule has 0 spiro atoms. The molecule has 3 amide bonds. The zero-order valence-electron chi connectivity index (χ0n) is 19.1. The van der Waals surface area contributed by atoms with Gasteiger partial charge in [-0.05, 0) is 38.5 Å². The summed E-state index contributed by atoms with van der Waals surface area (Å²) < 4.78 is 5.43. The quantitative estimate of drug-likeness (QED) is 0.698. The van der Waals surface area contributed by atoms with E-state index in [1.165, 1.54) is 0 Å². The smallest absolute Gasteiger partial charge is 0.257 e. The third-order valence-electron chi connectivity index (χ3n) is 6.56. The number of methoxy groups -OCH3 is 1. The van der Waals surface area contributed by atoms with Crippen LogP contribution in [0.1, 0.15) is 47.7 Å². The summed E-state index contributed by atoms with van der Waals surface area (Å²) in [6.07, 6.45) is 1.11. The van der Waals surface area contributed by atoms with Crippen LogP contribution in [0.25, 0.3) is 0 Å². The van der Waals surface area contributed by atoms with Crippen LogP contribution in [0.5, 0.6) is 5.75 Å². The van der Waals surface area contributed by atoms with Crippen molar-refractivity contribution in [2.45, 2.75) is 45.3 Å². The molecule has 0 aromatic heterocycles. The number of rotatable bonds is 6. The standard InChI is InChI=1S/C25H29N3O4/c1-17-9-10-21(32-4)18(15-17)16-26(3)22(29)12-14-27-24(31)19-7-5-6-8-20(19)28-23(30)11-13-25(27,28)2/h5-10,15H,11-14,16H2,1-4H3. The van der Waals surface area contributed by atoms with Gasteiger partial charge in [0.05, 0.1) is 18.4 Å². The summed E-state index contributed by atoms with van der Waals surface area (Å²) in [6, 6.07) is 13.1. The Morgan fingerprint density at radius 3 is 2.69 bits per heavy atom. The number of hydrogen-bond donors (Lipinski definition) is 0. The normalized spacial score (nSPS) is 19.6. The van der Waals surface area contributed by atoms with E-state index in [1.807, 2.05) is 44.2 Å². The van der Waals surface area contributed by atoms with Crippen LogP contribution in [-0.4, -0.2) is 53.9 Å². The Balaban J connectivity index is 1.51. The molecule has 2 aliphatic heterocycles. The first kappa shape index (κ1) is 21.9. The van der Waals surface area contributed by atoms with Crippen molar-refractivity contribution in [1.29, 1.82) is 0 Å². The number of carbonyl (C=O) groups is 3. The van der Waals surface area contributed by atoms with Gasteiger partial charge < -0.3 is 14.5 Å². The van der Waals surface area contributed by atoms with E-state index in [0.717, 1.165) is 16.9 Å². The van der Waals surface area contributed by atoms with Crippen molar-refractivity contribution in [3.05, 3.63) is 59.2 Å². The fourth-order valence-electron chi connectivity index (χ4n) is 4.81. The Morgan fingerprint density at radius 1 is 1.19 bits per heavy atom. The van der Waals surface area contributed by atoms with Crippen LogP contribution < -0.4 is 9.64 Å². The molecule has 1 saturated heterocycles. The molecule has 1 unspecified atom stereocenters. The van der Waals surface area contributed by atoms with E-state index in [4.69, 9.17) is 4.74 Å². The van der Waals surface area contributed by atoms with Crippen LogP contribution in [0, 0.1) is 6.92 Å². The van der Waals surface area contributed by atoms with Gasteiger partial charge >= 0.3 is 0 Å². The van der Waals surface area contributed by atoms with E-state index in [-0.39, 0.29) is 30.7 Å². The van der Waals surface area contributed by atoms with E-state index < -0.39 is 5.66 Å². The van der Waals surface area contributed by atoms with Crippen LogP contribution >= 0.6 is 0 Å². The molecule has 2 aromatic rings. The minimum atomic E-state index is -0.749. The van der Waals surface area contributed by atoms with E-state index >= 15 is 0 Å². The predicted molar refractivity (Wildman–Crippen MR) is 121 cm³/mol. The van der Waals surface area contributed by atoms with Crippen LogP contribution in [0.15, 0.2) is 42.5 Å². The second kappa shape index (κ2) is 8.30. The second-order valence-electron chi connectivity index (χ2n) is 8.74. The van der Waals surface area contributed by atoms with Crippen LogP contribution in [0.2, 0.25) is 0 Å². The fraction of sp³-hybridized carbons (Fsp3) is 0.400. The molecule has 4 rings (SSSR count). The Morgan fingerprint density at radius 2 is 1.94 bits per heavy atom. The number of ether oxygens (including phenoxy) is 1. The molecule has 32 heavy (non-hydrogen) atoms. The van der Waals surface area contributed by atoms with Crippen molar-refractivity contribution in [3.8, 4) is 5.75 Å². The number of nitrogens with zero attached hydrogens (tertiary/aromatic N) is 3. The van der Waals surface area contributed by atoms with Gasteiger partial charge in [0.15, 0.2) is 0 Å². The highest BCUT2D eigenvalue weighted by Gasteiger charge is 2.52. The number of benzene rings is 2. The van der Waals surface area contributed by atoms with Gasteiger partial charge in [0.2, 0.25) is 11.8 Å². The molecule has 0 radical (unpaired) electrons. The molecule has 2 aliphatic rings. The van der Waals surface area contributed by atoms with Crippen LogP contribution in [0.4, 0.5) is 5.69 Å². The lowest BCUT2D eigenvalue weighted by Crippen LogP contribution is -2.62. The van der Waals surface area contributed by atoms with E-state index in [9.17, 15) is 14.4 Å². The number of hydrogen-bond acceptors (Lipinski definition) is 4. The number of carbonyl (C=O) groups excluding carboxylic acids is 3. The largest absolute Gasteiger partial charge is 0.496 e. The third kappa shape index (κ3) is 3.61. The molecule has 0 saturated carbocycles. The van der Waals surface area contributed by atoms with Gasteiger partial charge in [-0.15, -0.1) is 0 Å². The summed E-state index contributed by atoms with van der Waals surface area (Å²) in [7, 11) is 3.37. The monoisotopic (exact) mass is 435 g/mol. The first-order valence-corrected chi connectivity index (χ1v) is 10.9. The molecule has 168 valence electrons. The summed E-state index contributed by atoms with van der Waals surface area (Å²) in [5.74, 6) is 0.544. The predicted octanol–water partition coefficient (Wildman–Crippen LogP) is 3.35. The van der Waals surface area contributed by atoms with Crippen molar-refractivity contribution >= 4 is 23.4 Å². The molecule has 2 heterocycles. The lowest BCUT2D eigenvalue weighted by Gasteiger charge is -2.48. The SMILES string of the molecule is COc1ccc(C)cc1CN(C)C(=O)CCN1C(=O)c2ccccc2N2C(=O)CCC12C. The van der Waals surface area contributed by atoms with Gasteiger partial charge in [0.25, 0.3) is 5.91 Å². The van der Waals surface area contributed by atoms with Gasteiger partial charge in [-0.25, -0.2) is 0 Å². The zero-order valence-corrected chi connectivity index (χ0v) is 19.1. The van der Waals surface area contributed by atoms with Gasteiger partial charge in [-0.3, -0.25) is 19.3 Å². The van der Waals surface area contributed by atoms with Gasteiger partial charge in [0.1, 0.15) is 11.4 Å². The minimum Gasteiger partial charge on any atom is -0.496 e. The Kier molecular flexibility index (Phi) is 5.67. The lowest BCUT2D eigenvalue weighted by molar-refractivity contribution is -0.130. The molecule has 2 aromatic carbocycles. The Labute approximate surface area is 188 Å². The molecule has 7 heteroatoms. The highest BCUT2D eigenvalue weighted by Crippen LogP contribution is 2.44. The Bertz CT molecular complexity index is 1080. The first-order valence-electron chi connectivity index (χ1n) is 10.9. The van der Waals surface area contributed by atoms with Crippen molar-refractivity contribution < 1.29 is 19.1 Å². The number of anilines is 1. The van der Waals surface area contributed by atoms with Crippen molar-refractivity contribution in [2.24, 2.45) is 0 Å². The maximum absolute atomic E-state index is 13.3. The number of aryl methyl sites for hydroxylation is 1. The van der Waals surface area contributed by atoms with Gasteiger partial charge in [0, 0.05) is 38.5 Å². The van der Waals surface area contributed by atoms with Gasteiger partial charge in [-0.1, -0.05) is 29.8 Å². The lowest BCUT2D eigenvalue weighted by atomic mass is 9.98. The summed E-state index contributed by atoms with van der Waals surface area (Å²) in [5, 5.41) is 0. The van der Waals surface area contributed by atoms with E-state index in [1.54, 1.807) is 41.0 Å². The number of para-hydroxylation sites is 1. The highest BCUT2D eigenvalue weighted by molar-refractivity contribution is 6.10. The first-order chi connectivity index (χ1) is 15.3. The van der Waals surface area contributed by atoms with E-state index in [0.29, 0.717) is 30.6 Å². The average Bonchev–Trinajstić information content (AvgIpc) is 3.08. The summed E-state index contributed by atoms with van der Waals surface area (Å²) >= 11 is 0. The molecule has 1 fully saturated rings. The number of amides is 3. The Hall–Kier alpha value is -3.35. The second-order valence-corrected chi connectivity index (χ2v) is 8.74. The third-order valence-corrected chi connectivity index (χ3v) is 6.56. The molecular weight excluding hydrogens is 406 g/mol.